The van der Waals surface area contributed by atoms with Crippen molar-refractivity contribution in [1.82, 2.24) is 15.0 Å². The zero-order chi connectivity index (χ0) is 25.5. The lowest BCUT2D eigenvalue weighted by atomic mass is 10.0. The molecule has 0 saturated heterocycles. The van der Waals surface area contributed by atoms with E-state index in [9.17, 15) is 14.1 Å². The first kappa shape index (κ1) is 25.1. The number of anilines is 1. The Bertz CT molecular complexity index is 1480. The Balaban J connectivity index is 1.92. The molecule has 0 radical (unpaired) electrons. The number of hydrogen-bond donors (Lipinski definition) is 2. The van der Waals surface area contributed by atoms with Gasteiger partial charge in [0.2, 0.25) is 0 Å². The highest BCUT2D eigenvalue weighted by atomic mass is 35.5. The van der Waals surface area contributed by atoms with Crippen molar-refractivity contribution in [3.8, 4) is 11.1 Å². The second kappa shape index (κ2) is 9.57. The highest BCUT2D eigenvalue weighted by molar-refractivity contribution is 7.69. The van der Waals surface area contributed by atoms with E-state index in [1.165, 1.54) is 36.7 Å². The third-order valence-electron chi connectivity index (χ3n) is 5.48. The molecular formula is C24H21ClF3N4O2P. The zero-order valence-corrected chi connectivity index (χ0v) is 20.6. The number of aliphatic hydroxyl groups excluding tert-OH is 1. The summed E-state index contributed by atoms with van der Waals surface area (Å²) in [6, 6.07) is 5.47. The van der Waals surface area contributed by atoms with Crippen LogP contribution in [0.25, 0.3) is 22.0 Å². The first-order valence-corrected chi connectivity index (χ1v) is 13.5. The molecule has 0 aliphatic carbocycles. The average molecular weight is 521 g/mol. The van der Waals surface area contributed by atoms with E-state index in [0.717, 1.165) is 6.07 Å². The van der Waals surface area contributed by atoms with Crippen LogP contribution in [0.2, 0.25) is 5.02 Å². The minimum Gasteiger partial charge on any atom is -0.394 e. The van der Waals surface area contributed by atoms with Crippen LogP contribution in [-0.4, -0.2) is 40.0 Å². The molecule has 35 heavy (non-hydrogen) atoms. The average Bonchev–Trinajstić information content (AvgIpc) is 2.80. The Morgan fingerprint density at radius 2 is 1.89 bits per heavy atom. The molecule has 0 aliphatic heterocycles. The van der Waals surface area contributed by atoms with Crippen LogP contribution < -0.4 is 10.8 Å². The number of aromatic nitrogens is 3. The summed E-state index contributed by atoms with van der Waals surface area (Å²) < 4.78 is 57.7. The van der Waals surface area contributed by atoms with Gasteiger partial charge in [0.25, 0.3) is 0 Å². The molecule has 1 aromatic carbocycles. The third-order valence-corrected chi connectivity index (χ3v) is 7.31. The molecule has 1 atom stereocenters. The summed E-state index contributed by atoms with van der Waals surface area (Å²) in [4.78, 5) is 12.3. The predicted molar refractivity (Wildman–Crippen MR) is 131 cm³/mol. The van der Waals surface area contributed by atoms with E-state index in [-0.39, 0.29) is 44.1 Å². The molecule has 0 spiro atoms. The quantitative estimate of drug-likeness (QED) is 0.328. The number of pyridine rings is 3. The van der Waals surface area contributed by atoms with Crippen molar-refractivity contribution in [1.29, 1.82) is 0 Å². The fourth-order valence-corrected chi connectivity index (χ4v) is 4.70. The smallest absolute Gasteiger partial charge is 0.146 e. The van der Waals surface area contributed by atoms with Crippen molar-refractivity contribution in [3.05, 3.63) is 76.6 Å². The van der Waals surface area contributed by atoms with Gasteiger partial charge in [-0.1, -0.05) is 17.7 Å². The fraction of sp³-hybridized carbons (Fsp3) is 0.208. The topological polar surface area (TPSA) is 88.0 Å². The highest BCUT2D eigenvalue weighted by Gasteiger charge is 2.25. The van der Waals surface area contributed by atoms with Gasteiger partial charge in [0.05, 0.1) is 51.0 Å². The summed E-state index contributed by atoms with van der Waals surface area (Å²) >= 11 is 6.46. The number of aliphatic hydroxyl groups is 1. The fourth-order valence-electron chi connectivity index (χ4n) is 3.73. The van der Waals surface area contributed by atoms with Gasteiger partial charge < -0.3 is 15.0 Å². The molecule has 182 valence electrons. The van der Waals surface area contributed by atoms with Crippen molar-refractivity contribution >= 4 is 40.8 Å². The van der Waals surface area contributed by atoms with Crippen molar-refractivity contribution < 1.29 is 22.8 Å². The lowest BCUT2D eigenvalue weighted by Crippen LogP contribution is -2.19. The number of nitrogens with zero attached hydrogens (tertiary/aromatic N) is 3. The maximum Gasteiger partial charge on any atom is 0.146 e. The maximum absolute atomic E-state index is 15.9. The number of benzene rings is 1. The molecule has 0 saturated carbocycles. The zero-order valence-electron chi connectivity index (χ0n) is 19.0. The minimum absolute atomic E-state index is 0.00761. The van der Waals surface area contributed by atoms with Crippen LogP contribution in [0.1, 0.15) is 17.4 Å². The van der Waals surface area contributed by atoms with Crippen LogP contribution in [0, 0.1) is 24.4 Å². The van der Waals surface area contributed by atoms with Gasteiger partial charge in [0.1, 0.15) is 30.3 Å². The summed E-state index contributed by atoms with van der Waals surface area (Å²) in [6.45, 7) is 4.06. The van der Waals surface area contributed by atoms with Crippen LogP contribution >= 0.6 is 18.7 Å². The van der Waals surface area contributed by atoms with Crippen LogP contribution in [0.5, 0.6) is 0 Å². The van der Waals surface area contributed by atoms with Crippen molar-refractivity contribution in [2.75, 3.05) is 25.3 Å². The van der Waals surface area contributed by atoms with E-state index in [0.29, 0.717) is 5.44 Å². The largest absolute Gasteiger partial charge is 0.394 e. The number of aryl methyl sites for hydroxylation is 1. The summed E-state index contributed by atoms with van der Waals surface area (Å²) in [5.41, 5.74) is 0.229. The van der Waals surface area contributed by atoms with Crippen molar-refractivity contribution in [2.24, 2.45) is 0 Å². The molecule has 0 unspecified atom stereocenters. The molecule has 11 heteroatoms. The molecule has 3 heterocycles. The molecule has 0 aliphatic rings. The van der Waals surface area contributed by atoms with Crippen LogP contribution in [0.3, 0.4) is 0 Å². The molecule has 6 nitrogen and oxygen atoms in total. The number of nitrogens with one attached hydrogen (secondary N) is 1. The summed E-state index contributed by atoms with van der Waals surface area (Å²) in [6.07, 6.45) is 2.61. The first-order chi connectivity index (χ1) is 16.5. The Morgan fingerprint density at radius 3 is 2.49 bits per heavy atom. The second-order valence-corrected chi connectivity index (χ2v) is 11.9. The number of rotatable bonds is 6. The Labute approximate surface area is 204 Å². The number of hydrogen-bond acceptors (Lipinski definition) is 6. The van der Waals surface area contributed by atoms with Crippen LogP contribution in [0.15, 0.2) is 42.7 Å². The van der Waals surface area contributed by atoms with Crippen molar-refractivity contribution in [3.63, 3.8) is 0 Å². The molecule has 3 aromatic heterocycles. The molecule has 0 fully saturated rings. The Hall–Kier alpha value is -3.00. The van der Waals surface area contributed by atoms with E-state index in [1.807, 2.05) is 0 Å². The van der Waals surface area contributed by atoms with E-state index in [4.69, 9.17) is 11.6 Å². The number of halogens is 4. The van der Waals surface area contributed by atoms with Gasteiger partial charge in [-0.05, 0) is 38.5 Å². The van der Waals surface area contributed by atoms with E-state index >= 15 is 8.78 Å². The highest BCUT2D eigenvalue weighted by Crippen LogP contribution is 2.41. The summed E-state index contributed by atoms with van der Waals surface area (Å²) in [5.74, 6) is -2.52. The standard InChI is InChI=1S/C24H21ClF3N4O2P/c1-12-21(25)24(32-17(11-33)23-14(26)5-4-8-29-23)20-16(31-12)9-15(27)19(22(20)28)13-6-7-18(30-10-13)35(2,3)34/h4-10,17,33H,11H2,1-3H3,(H,31,32)/t17-/m1/s1. The lowest BCUT2D eigenvalue weighted by molar-refractivity contribution is 0.271. The molecule has 4 rings (SSSR count). The monoisotopic (exact) mass is 520 g/mol. The van der Waals surface area contributed by atoms with Gasteiger partial charge in [0, 0.05) is 24.0 Å². The van der Waals surface area contributed by atoms with Gasteiger partial charge in [-0.2, -0.15) is 0 Å². The maximum atomic E-state index is 15.9. The van der Waals surface area contributed by atoms with Crippen molar-refractivity contribution in [2.45, 2.75) is 13.0 Å². The van der Waals surface area contributed by atoms with Gasteiger partial charge in [0.15, 0.2) is 0 Å². The molecule has 0 bridgehead atoms. The molecular weight excluding hydrogens is 500 g/mol. The van der Waals surface area contributed by atoms with Gasteiger partial charge in [-0.25, -0.2) is 13.2 Å². The SMILES string of the molecule is Cc1nc2cc(F)c(-c3ccc(P(C)(C)=O)nc3)c(F)c2c(N[C@H](CO)c2ncccc2F)c1Cl. The summed E-state index contributed by atoms with van der Waals surface area (Å²) in [5, 5.41) is 12.7. The van der Waals surface area contributed by atoms with Crippen LogP contribution in [0.4, 0.5) is 18.9 Å². The lowest BCUT2D eigenvalue weighted by Gasteiger charge is -2.21. The van der Waals surface area contributed by atoms with Gasteiger partial charge in [-0.15, -0.1) is 0 Å². The molecule has 2 N–H and O–H groups in total. The predicted octanol–water partition coefficient (Wildman–Crippen LogP) is 5.46. The second-order valence-electron chi connectivity index (χ2n) is 8.33. The molecule has 4 aromatic rings. The molecule has 0 amide bonds. The van der Waals surface area contributed by atoms with E-state index in [1.54, 1.807) is 20.3 Å². The Morgan fingerprint density at radius 1 is 1.14 bits per heavy atom. The van der Waals surface area contributed by atoms with Crippen LogP contribution in [-0.2, 0) is 4.57 Å². The summed E-state index contributed by atoms with van der Waals surface area (Å²) in [7, 11) is -2.66. The Kier molecular flexibility index (Phi) is 6.86. The first-order valence-electron chi connectivity index (χ1n) is 10.5. The van der Waals surface area contributed by atoms with Gasteiger partial charge in [-0.3, -0.25) is 15.0 Å². The van der Waals surface area contributed by atoms with E-state index in [2.05, 4.69) is 20.3 Å². The number of fused-ring (bicyclic) bond motifs is 1. The minimum atomic E-state index is -2.66. The van der Waals surface area contributed by atoms with E-state index < -0.39 is 37.2 Å². The third kappa shape index (κ3) is 4.76. The normalized spacial score (nSPS) is 12.7. The van der Waals surface area contributed by atoms with Gasteiger partial charge >= 0.3 is 0 Å².